The van der Waals surface area contributed by atoms with Crippen LogP contribution in [0.3, 0.4) is 0 Å². The van der Waals surface area contributed by atoms with Gasteiger partial charge in [0.05, 0.1) is 5.56 Å². The van der Waals surface area contributed by atoms with Gasteiger partial charge in [-0.25, -0.2) is 0 Å². The Morgan fingerprint density at radius 1 is 0.889 bits per heavy atom. The van der Waals surface area contributed by atoms with Gasteiger partial charge in [-0.2, -0.15) is 13.2 Å². The second kappa shape index (κ2) is 4.72. The Balaban J connectivity index is 2.16. The Hall–Kier alpha value is -1.97. The van der Waals surface area contributed by atoms with Gasteiger partial charge < -0.3 is 5.32 Å². The van der Waals surface area contributed by atoms with E-state index >= 15 is 0 Å². The SMILES string of the molecule is Cc1cccc(Nc2ccc(C(F)(F)F)cc2)c1. The highest BCUT2D eigenvalue weighted by atomic mass is 19.4. The summed E-state index contributed by atoms with van der Waals surface area (Å²) in [6.45, 7) is 1.96. The van der Waals surface area contributed by atoms with Crippen LogP contribution in [0.4, 0.5) is 24.5 Å². The molecule has 2 aromatic carbocycles. The van der Waals surface area contributed by atoms with Crippen molar-refractivity contribution in [2.75, 3.05) is 5.32 Å². The van der Waals surface area contributed by atoms with Crippen LogP contribution in [0.5, 0.6) is 0 Å². The standard InChI is InChI=1S/C14H12F3N/c1-10-3-2-4-13(9-10)18-12-7-5-11(6-8-12)14(15,16)17/h2-9,18H,1H3. The molecule has 0 atom stereocenters. The lowest BCUT2D eigenvalue weighted by Crippen LogP contribution is -2.04. The summed E-state index contributed by atoms with van der Waals surface area (Å²) < 4.78 is 37.1. The van der Waals surface area contributed by atoms with E-state index in [4.69, 9.17) is 0 Å². The molecule has 0 unspecified atom stereocenters. The monoisotopic (exact) mass is 251 g/mol. The van der Waals surface area contributed by atoms with E-state index in [2.05, 4.69) is 5.32 Å². The van der Waals surface area contributed by atoms with Gasteiger partial charge in [-0.3, -0.25) is 0 Å². The minimum absolute atomic E-state index is 0.633. The van der Waals surface area contributed by atoms with Crippen molar-refractivity contribution in [3.05, 3.63) is 59.7 Å². The number of halogens is 3. The molecule has 2 rings (SSSR count). The highest BCUT2D eigenvalue weighted by molar-refractivity contribution is 5.60. The lowest BCUT2D eigenvalue weighted by Gasteiger charge is -2.09. The van der Waals surface area contributed by atoms with E-state index in [0.717, 1.165) is 23.4 Å². The molecule has 94 valence electrons. The van der Waals surface area contributed by atoms with Crippen LogP contribution < -0.4 is 5.32 Å². The quantitative estimate of drug-likeness (QED) is 0.811. The summed E-state index contributed by atoms with van der Waals surface area (Å²) in [6.07, 6.45) is -4.29. The zero-order valence-electron chi connectivity index (χ0n) is 9.75. The molecule has 0 aliphatic rings. The van der Waals surface area contributed by atoms with Gasteiger partial charge in [-0.05, 0) is 48.9 Å². The molecule has 18 heavy (non-hydrogen) atoms. The van der Waals surface area contributed by atoms with Crippen LogP contribution in [-0.4, -0.2) is 0 Å². The summed E-state index contributed by atoms with van der Waals surface area (Å²) in [5.74, 6) is 0. The zero-order chi connectivity index (χ0) is 13.2. The van der Waals surface area contributed by atoms with E-state index in [0.29, 0.717) is 5.69 Å². The molecule has 2 aromatic rings. The zero-order valence-corrected chi connectivity index (χ0v) is 9.75. The van der Waals surface area contributed by atoms with E-state index in [1.165, 1.54) is 12.1 Å². The molecular formula is C14H12F3N. The second-order valence-electron chi connectivity index (χ2n) is 4.07. The van der Waals surface area contributed by atoms with Crippen LogP contribution in [0.25, 0.3) is 0 Å². The molecule has 1 N–H and O–H groups in total. The number of nitrogens with one attached hydrogen (secondary N) is 1. The van der Waals surface area contributed by atoms with Gasteiger partial charge >= 0.3 is 6.18 Å². The van der Waals surface area contributed by atoms with Crippen molar-refractivity contribution in [3.8, 4) is 0 Å². The van der Waals surface area contributed by atoms with Crippen LogP contribution >= 0.6 is 0 Å². The number of anilines is 2. The first-order chi connectivity index (χ1) is 8.45. The maximum Gasteiger partial charge on any atom is 0.416 e. The van der Waals surface area contributed by atoms with Crippen LogP contribution in [-0.2, 0) is 6.18 Å². The molecule has 0 saturated heterocycles. The van der Waals surface area contributed by atoms with Crippen molar-refractivity contribution < 1.29 is 13.2 Å². The van der Waals surface area contributed by atoms with Gasteiger partial charge in [0.25, 0.3) is 0 Å². The van der Waals surface area contributed by atoms with Crippen molar-refractivity contribution >= 4 is 11.4 Å². The molecule has 0 fully saturated rings. The third-order valence-electron chi connectivity index (χ3n) is 2.52. The minimum Gasteiger partial charge on any atom is -0.356 e. The predicted molar refractivity (Wildman–Crippen MR) is 65.9 cm³/mol. The average Bonchev–Trinajstić information content (AvgIpc) is 2.28. The number of aryl methyl sites for hydroxylation is 1. The van der Waals surface area contributed by atoms with E-state index in [1.54, 1.807) is 0 Å². The molecule has 0 heterocycles. The largest absolute Gasteiger partial charge is 0.416 e. The maximum absolute atomic E-state index is 12.4. The van der Waals surface area contributed by atoms with Crippen LogP contribution in [0.15, 0.2) is 48.5 Å². The molecule has 0 amide bonds. The van der Waals surface area contributed by atoms with Gasteiger partial charge in [-0.1, -0.05) is 12.1 Å². The molecular weight excluding hydrogens is 239 g/mol. The number of hydrogen-bond acceptors (Lipinski definition) is 1. The summed E-state index contributed by atoms with van der Waals surface area (Å²) in [6, 6.07) is 12.6. The Kier molecular flexibility index (Phi) is 3.28. The third-order valence-corrected chi connectivity index (χ3v) is 2.52. The van der Waals surface area contributed by atoms with Gasteiger partial charge in [0.15, 0.2) is 0 Å². The van der Waals surface area contributed by atoms with E-state index < -0.39 is 11.7 Å². The van der Waals surface area contributed by atoms with E-state index in [1.807, 2.05) is 31.2 Å². The Morgan fingerprint density at radius 2 is 1.56 bits per heavy atom. The lowest BCUT2D eigenvalue weighted by atomic mass is 10.2. The Labute approximate surface area is 103 Å². The summed E-state index contributed by atoms with van der Waals surface area (Å²) in [7, 11) is 0. The van der Waals surface area contributed by atoms with Crippen LogP contribution in [0.1, 0.15) is 11.1 Å². The molecule has 4 heteroatoms. The summed E-state index contributed by atoms with van der Waals surface area (Å²) in [5.41, 5.74) is 1.94. The molecule has 0 aliphatic heterocycles. The van der Waals surface area contributed by atoms with Gasteiger partial charge in [0, 0.05) is 11.4 Å². The minimum atomic E-state index is -4.29. The number of hydrogen-bond donors (Lipinski definition) is 1. The van der Waals surface area contributed by atoms with Crippen molar-refractivity contribution in [1.82, 2.24) is 0 Å². The fourth-order valence-electron chi connectivity index (χ4n) is 1.63. The Morgan fingerprint density at radius 3 is 2.11 bits per heavy atom. The molecule has 0 spiro atoms. The fraction of sp³-hybridized carbons (Fsp3) is 0.143. The van der Waals surface area contributed by atoms with Gasteiger partial charge in [0.1, 0.15) is 0 Å². The topological polar surface area (TPSA) is 12.0 Å². The molecule has 0 bridgehead atoms. The smallest absolute Gasteiger partial charge is 0.356 e. The van der Waals surface area contributed by atoms with E-state index in [-0.39, 0.29) is 0 Å². The van der Waals surface area contributed by atoms with Crippen LogP contribution in [0.2, 0.25) is 0 Å². The van der Waals surface area contributed by atoms with Gasteiger partial charge in [-0.15, -0.1) is 0 Å². The first kappa shape index (κ1) is 12.5. The first-order valence-electron chi connectivity index (χ1n) is 5.46. The molecule has 0 radical (unpaired) electrons. The molecule has 0 aliphatic carbocycles. The van der Waals surface area contributed by atoms with E-state index in [9.17, 15) is 13.2 Å². The van der Waals surface area contributed by atoms with Crippen molar-refractivity contribution in [2.24, 2.45) is 0 Å². The summed E-state index contributed by atoms with van der Waals surface area (Å²) in [4.78, 5) is 0. The normalized spacial score (nSPS) is 11.3. The molecule has 0 aromatic heterocycles. The first-order valence-corrected chi connectivity index (χ1v) is 5.46. The highest BCUT2D eigenvalue weighted by Crippen LogP contribution is 2.30. The van der Waals surface area contributed by atoms with Crippen LogP contribution in [0, 0.1) is 6.92 Å². The Bertz CT molecular complexity index is 529. The highest BCUT2D eigenvalue weighted by Gasteiger charge is 2.29. The summed E-state index contributed by atoms with van der Waals surface area (Å²) >= 11 is 0. The van der Waals surface area contributed by atoms with Crippen molar-refractivity contribution in [1.29, 1.82) is 0 Å². The number of benzene rings is 2. The van der Waals surface area contributed by atoms with Gasteiger partial charge in [0.2, 0.25) is 0 Å². The molecule has 0 saturated carbocycles. The van der Waals surface area contributed by atoms with Crippen molar-refractivity contribution in [2.45, 2.75) is 13.1 Å². The lowest BCUT2D eigenvalue weighted by molar-refractivity contribution is -0.137. The number of rotatable bonds is 2. The third kappa shape index (κ3) is 3.03. The van der Waals surface area contributed by atoms with Crippen molar-refractivity contribution in [3.63, 3.8) is 0 Å². The molecule has 1 nitrogen and oxygen atoms in total. The summed E-state index contributed by atoms with van der Waals surface area (Å²) in [5, 5.41) is 3.06. The number of alkyl halides is 3. The second-order valence-corrected chi connectivity index (χ2v) is 4.07. The predicted octanol–water partition coefficient (Wildman–Crippen LogP) is 4.76. The maximum atomic E-state index is 12.4. The average molecular weight is 251 g/mol. The fourth-order valence-corrected chi connectivity index (χ4v) is 1.63.